The lowest BCUT2D eigenvalue weighted by atomic mass is 9.76. The summed E-state index contributed by atoms with van der Waals surface area (Å²) in [5.41, 5.74) is 6.25. The number of nitrogens with zero attached hydrogens (tertiary/aromatic N) is 3. The molecule has 0 fully saturated rings. The van der Waals surface area contributed by atoms with Crippen molar-refractivity contribution in [2.75, 3.05) is 0 Å². The van der Waals surface area contributed by atoms with Crippen LogP contribution in [0, 0.1) is 6.92 Å². The minimum atomic E-state index is -0.673. The highest BCUT2D eigenvalue weighted by Crippen LogP contribution is 2.44. The molecule has 0 saturated heterocycles. The Bertz CT molecular complexity index is 1830. The number of benzene rings is 4. The van der Waals surface area contributed by atoms with Crippen LogP contribution in [0.25, 0.3) is 33.1 Å². The monoisotopic (exact) mass is 557 g/mol. The smallest absolute Gasteiger partial charge is 0.157 e. The van der Waals surface area contributed by atoms with Crippen LogP contribution >= 0.6 is 22.9 Å². The fourth-order valence-corrected chi connectivity index (χ4v) is 6.58. The van der Waals surface area contributed by atoms with Crippen molar-refractivity contribution in [3.63, 3.8) is 0 Å². The Morgan fingerprint density at radius 2 is 1.40 bits per heavy atom. The van der Waals surface area contributed by atoms with Crippen LogP contribution < -0.4 is 0 Å². The second kappa shape index (κ2) is 9.94. The third kappa shape index (κ3) is 3.89. The first-order chi connectivity index (χ1) is 19.7. The largest absolute Gasteiger partial charge is 0.454 e. The molecule has 7 aromatic rings. The van der Waals surface area contributed by atoms with Gasteiger partial charge in [-0.25, -0.2) is 9.97 Å². The molecule has 40 heavy (non-hydrogen) atoms. The Labute approximate surface area is 241 Å². The molecule has 0 aliphatic carbocycles. The van der Waals surface area contributed by atoms with Crippen LogP contribution in [0.3, 0.4) is 0 Å². The number of rotatable bonds is 6. The Hall–Kier alpha value is -4.45. The minimum absolute atomic E-state index is 0.648. The van der Waals surface area contributed by atoms with Gasteiger partial charge in [0.1, 0.15) is 21.8 Å². The van der Waals surface area contributed by atoms with Gasteiger partial charge in [0.25, 0.3) is 0 Å². The van der Waals surface area contributed by atoms with Gasteiger partial charge in [-0.05, 0) is 35.7 Å². The number of furan rings is 1. The molecule has 0 radical (unpaired) electrons. The van der Waals surface area contributed by atoms with Crippen LogP contribution in [0.5, 0.6) is 0 Å². The summed E-state index contributed by atoms with van der Waals surface area (Å²) in [5, 5.41) is 4.59. The van der Waals surface area contributed by atoms with Gasteiger partial charge in [-0.2, -0.15) is 0 Å². The van der Waals surface area contributed by atoms with E-state index in [0.717, 1.165) is 55.4 Å². The van der Waals surface area contributed by atoms with Gasteiger partial charge in [0, 0.05) is 27.4 Å². The lowest BCUT2D eigenvalue weighted by molar-refractivity contribution is 0.519. The van der Waals surface area contributed by atoms with Gasteiger partial charge in [-0.3, -0.25) is 0 Å². The molecule has 7 rings (SSSR count). The zero-order chi connectivity index (χ0) is 27.1. The van der Waals surface area contributed by atoms with E-state index >= 15 is 0 Å². The molecule has 194 valence electrons. The summed E-state index contributed by atoms with van der Waals surface area (Å²) in [6.07, 6.45) is 3.81. The zero-order valence-corrected chi connectivity index (χ0v) is 23.2. The first-order valence-corrected chi connectivity index (χ1v) is 14.3. The normalized spacial score (nSPS) is 11.8. The van der Waals surface area contributed by atoms with Gasteiger partial charge >= 0.3 is 0 Å². The van der Waals surface area contributed by atoms with Crippen LogP contribution in [0.15, 0.2) is 132 Å². The number of aryl methyl sites for hydroxylation is 1. The maximum absolute atomic E-state index is 6.24. The SMILES string of the molecule is Cc1c(-c2csc(-c3cncn3C(c3ccccc3)(c3ccccc3)c3ccccc3)n2)oc2cc(Cl)ccc12. The van der Waals surface area contributed by atoms with E-state index < -0.39 is 5.54 Å². The molecule has 6 heteroatoms. The third-order valence-electron chi connectivity index (χ3n) is 7.43. The van der Waals surface area contributed by atoms with E-state index in [1.165, 1.54) is 0 Å². The molecule has 4 nitrogen and oxygen atoms in total. The minimum Gasteiger partial charge on any atom is -0.454 e. The summed E-state index contributed by atoms with van der Waals surface area (Å²) >= 11 is 7.81. The molecule has 0 atom stereocenters. The number of thiazole rings is 1. The Morgan fingerprint density at radius 3 is 2.00 bits per heavy atom. The number of aromatic nitrogens is 3. The van der Waals surface area contributed by atoms with Gasteiger partial charge in [-0.1, -0.05) is 103 Å². The van der Waals surface area contributed by atoms with Gasteiger partial charge < -0.3 is 8.98 Å². The van der Waals surface area contributed by atoms with E-state index in [9.17, 15) is 0 Å². The van der Waals surface area contributed by atoms with Crippen LogP contribution in [-0.2, 0) is 5.54 Å². The molecule has 0 aliphatic rings. The van der Waals surface area contributed by atoms with Gasteiger partial charge in [0.05, 0.1) is 18.2 Å². The molecule has 3 aromatic heterocycles. The fraction of sp³-hybridized carbons (Fsp3) is 0.0588. The summed E-state index contributed by atoms with van der Waals surface area (Å²) in [6.45, 7) is 2.06. The number of imidazole rings is 1. The molecule has 4 aromatic carbocycles. The van der Waals surface area contributed by atoms with Crippen LogP contribution in [-0.4, -0.2) is 14.5 Å². The predicted molar refractivity (Wildman–Crippen MR) is 163 cm³/mol. The number of hydrogen-bond acceptors (Lipinski definition) is 4. The highest BCUT2D eigenvalue weighted by molar-refractivity contribution is 7.13. The van der Waals surface area contributed by atoms with Gasteiger partial charge in [-0.15, -0.1) is 11.3 Å². The second-order valence-electron chi connectivity index (χ2n) is 9.69. The molecular weight excluding hydrogens is 534 g/mol. The second-order valence-corrected chi connectivity index (χ2v) is 11.0. The average Bonchev–Trinajstić information content (AvgIpc) is 3.75. The van der Waals surface area contributed by atoms with Crippen molar-refractivity contribution in [1.82, 2.24) is 14.5 Å². The van der Waals surface area contributed by atoms with Gasteiger partial charge in [0.2, 0.25) is 0 Å². The summed E-state index contributed by atoms with van der Waals surface area (Å²) < 4.78 is 8.49. The number of halogens is 1. The standard InChI is InChI=1S/C34H24ClN3OS/c1-23-28-18-17-27(35)19-31(28)39-32(23)29-21-40-33(37-29)30-20-36-22-38(30)34(24-11-5-2-6-12-24,25-13-7-3-8-14-25)26-15-9-4-10-16-26/h2-22H,1H3. The maximum Gasteiger partial charge on any atom is 0.157 e. The van der Waals surface area contributed by atoms with Crippen molar-refractivity contribution < 1.29 is 4.42 Å². The van der Waals surface area contributed by atoms with Crippen molar-refractivity contribution in [3.8, 4) is 22.2 Å². The van der Waals surface area contributed by atoms with Crippen LogP contribution in [0.4, 0.5) is 0 Å². The third-order valence-corrected chi connectivity index (χ3v) is 8.53. The zero-order valence-electron chi connectivity index (χ0n) is 21.7. The predicted octanol–water partition coefficient (Wildman–Crippen LogP) is 9.22. The van der Waals surface area contributed by atoms with E-state index in [4.69, 9.17) is 21.0 Å². The molecule has 0 aliphatic heterocycles. The van der Waals surface area contributed by atoms with Crippen molar-refractivity contribution in [1.29, 1.82) is 0 Å². The Morgan fingerprint density at radius 1 is 0.800 bits per heavy atom. The summed E-state index contributed by atoms with van der Waals surface area (Å²) in [4.78, 5) is 9.76. The van der Waals surface area contributed by atoms with E-state index in [1.807, 2.05) is 36.1 Å². The van der Waals surface area contributed by atoms with E-state index in [-0.39, 0.29) is 0 Å². The van der Waals surface area contributed by atoms with Crippen molar-refractivity contribution in [2.24, 2.45) is 0 Å². The molecule has 0 amide bonds. The Balaban J connectivity index is 1.45. The molecule has 0 saturated carbocycles. The van der Waals surface area contributed by atoms with Gasteiger partial charge in [0.15, 0.2) is 5.76 Å². The molecular formula is C34H24ClN3OS. The first kappa shape index (κ1) is 24.6. The van der Waals surface area contributed by atoms with Crippen molar-refractivity contribution >= 4 is 33.9 Å². The topological polar surface area (TPSA) is 43.9 Å². The molecule has 0 spiro atoms. The summed E-state index contributed by atoms with van der Waals surface area (Å²) in [7, 11) is 0. The summed E-state index contributed by atoms with van der Waals surface area (Å²) in [6, 6.07) is 37.5. The summed E-state index contributed by atoms with van der Waals surface area (Å²) in [5.74, 6) is 0.756. The first-order valence-electron chi connectivity index (χ1n) is 13.0. The van der Waals surface area contributed by atoms with Crippen molar-refractivity contribution in [3.05, 3.63) is 154 Å². The molecule has 3 heterocycles. The number of fused-ring (bicyclic) bond motifs is 1. The van der Waals surface area contributed by atoms with Crippen molar-refractivity contribution in [2.45, 2.75) is 12.5 Å². The fourth-order valence-electron chi connectivity index (χ4n) is 5.62. The highest BCUT2D eigenvalue weighted by atomic mass is 35.5. The quantitative estimate of drug-likeness (QED) is 0.191. The van der Waals surface area contributed by atoms with E-state index in [1.54, 1.807) is 11.3 Å². The van der Waals surface area contributed by atoms with E-state index in [0.29, 0.717) is 5.02 Å². The Kier molecular flexibility index (Phi) is 6.11. The lowest BCUT2D eigenvalue weighted by Gasteiger charge is -2.38. The highest BCUT2D eigenvalue weighted by Gasteiger charge is 2.40. The van der Waals surface area contributed by atoms with Crippen LogP contribution in [0.1, 0.15) is 22.3 Å². The lowest BCUT2D eigenvalue weighted by Crippen LogP contribution is -2.37. The maximum atomic E-state index is 6.24. The van der Waals surface area contributed by atoms with E-state index in [2.05, 4.69) is 107 Å². The van der Waals surface area contributed by atoms with Crippen LogP contribution in [0.2, 0.25) is 5.02 Å². The molecule has 0 N–H and O–H groups in total. The molecule has 0 bridgehead atoms. The average molecular weight is 558 g/mol. The number of hydrogen-bond donors (Lipinski definition) is 0. The molecule has 0 unspecified atom stereocenters.